The second kappa shape index (κ2) is 5.28. The van der Waals surface area contributed by atoms with Crippen molar-refractivity contribution in [1.29, 1.82) is 0 Å². The molecule has 2 N–H and O–H groups in total. The summed E-state index contributed by atoms with van der Waals surface area (Å²) in [7, 11) is 0. The normalized spacial score (nSPS) is 41.2. The SMILES string of the molecule is CCOC1CC(NC2CCCC(O)C2)C1. The Morgan fingerprint density at radius 1 is 1.20 bits per heavy atom. The molecule has 0 aromatic carbocycles. The van der Waals surface area contributed by atoms with Crippen molar-refractivity contribution in [3.8, 4) is 0 Å². The fraction of sp³-hybridized carbons (Fsp3) is 1.00. The van der Waals surface area contributed by atoms with Gasteiger partial charge in [0.05, 0.1) is 12.2 Å². The zero-order valence-corrected chi connectivity index (χ0v) is 9.61. The van der Waals surface area contributed by atoms with Crippen molar-refractivity contribution in [2.45, 2.75) is 69.7 Å². The van der Waals surface area contributed by atoms with Gasteiger partial charge in [-0.3, -0.25) is 0 Å². The van der Waals surface area contributed by atoms with Gasteiger partial charge in [0.25, 0.3) is 0 Å². The van der Waals surface area contributed by atoms with Crippen LogP contribution in [0.25, 0.3) is 0 Å². The highest BCUT2D eigenvalue weighted by Gasteiger charge is 2.32. The summed E-state index contributed by atoms with van der Waals surface area (Å²) in [6.45, 7) is 2.89. The summed E-state index contributed by atoms with van der Waals surface area (Å²) in [4.78, 5) is 0. The molecular formula is C12H23NO2. The van der Waals surface area contributed by atoms with Crippen LogP contribution in [0.2, 0.25) is 0 Å². The molecule has 0 bridgehead atoms. The van der Waals surface area contributed by atoms with E-state index in [1.807, 2.05) is 0 Å². The lowest BCUT2D eigenvalue weighted by molar-refractivity contribution is -0.0156. The molecule has 2 fully saturated rings. The van der Waals surface area contributed by atoms with E-state index in [1.54, 1.807) is 0 Å². The molecule has 3 nitrogen and oxygen atoms in total. The molecule has 2 saturated carbocycles. The highest BCUT2D eigenvalue weighted by atomic mass is 16.5. The molecule has 2 aliphatic carbocycles. The van der Waals surface area contributed by atoms with Crippen molar-refractivity contribution >= 4 is 0 Å². The van der Waals surface area contributed by atoms with Crippen LogP contribution < -0.4 is 5.32 Å². The van der Waals surface area contributed by atoms with Crippen molar-refractivity contribution in [2.24, 2.45) is 0 Å². The van der Waals surface area contributed by atoms with Crippen LogP contribution in [-0.4, -0.2) is 36.0 Å². The van der Waals surface area contributed by atoms with Gasteiger partial charge in [0.15, 0.2) is 0 Å². The van der Waals surface area contributed by atoms with E-state index in [4.69, 9.17) is 4.74 Å². The van der Waals surface area contributed by atoms with Crippen molar-refractivity contribution in [2.75, 3.05) is 6.61 Å². The standard InChI is InChI=1S/C12H23NO2/c1-2-15-12-7-10(8-12)13-9-4-3-5-11(14)6-9/h9-14H,2-8H2,1H3. The van der Waals surface area contributed by atoms with Crippen LogP contribution in [-0.2, 0) is 4.74 Å². The van der Waals surface area contributed by atoms with Gasteiger partial charge in [-0.25, -0.2) is 0 Å². The molecule has 88 valence electrons. The van der Waals surface area contributed by atoms with E-state index >= 15 is 0 Å². The summed E-state index contributed by atoms with van der Waals surface area (Å²) >= 11 is 0. The Hall–Kier alpha value is -0.120. The monoisotopic (exact) mass is 213 g/mol. The summed E-state index contributed by atoms with van der Waals surface area (Å²) in [5.74, 6) is 0. The van der Waals surface area contributed by atoms with Gasteiger partial charge in [-0.05, 0) is 45.4 Å². The van der Waals surface area contributed by atoms with Gasteiger partial charge in [-0.15, -0.1) is 0 Å². The van der Waals surface area contributed by atoms with Gasteiger partial charge >= 0.3 is 0 Å². The van der Waals surface area contributed by atoms with Crippen molar-refractivity contribution < 1.29 is 9.84 Å². The smallest absolute Gasteiger partial charge is 0.0604 e. The topological polar surface area (TPSA) is 41.5 Å². The van der Waals surface area contributed by atoms with Crippen LogP contribution in [0.15, 0.2) is 0 Å². The third kappa shape index (κ3) is 3.16. The number of hydrogen-bond donors (Lipinski definition) is 2. The lowest BCUT2D eigenvalue weighted by Gasteiger charge is -2.39. The predicted octanol–water partition coefficient (Wildman–Crippen LogP) is 1.45. The molecule has 0 amide bonds. The minimum Gasteiger partial charge on any atom is -0.393 e. The first-order valence-corrected chi connectivity index (χ1v) is 6.33. The Morgan fingerprint density at radius 2 is 2.00 bits per heavy atom. The molecule has 0 aromatic rings. The Labute approximate surface area is 92.2 Å². The van der Waals surface area contributed by atoms with Gasteiger partial charge in [0, 0.05) is 18.7 Å². The first-order valence-electron chi connectivity index (χ1n) is 6.33. The minimum atomic E-state index is -0.0704. The summed E-state index contributed by atoms with van der Waals surface area (Å²) in [5.41, 5.74) is 0. The maximum atomic E-state index is 9.55. The Bertz CT molecular complexity index is 192. The van der Waals surface area contributed by atoms with Crippen molar-refractivity contribution in [3.05, 3.63) is 0 Å². The zero-order valence-electron chi connectivity index (χ0n) is 9.61. The lowest BCUT2D eigenvalue weighted by atomic mass is 9.86. The largest absolute Gasteiger partial charge is 0.393 e. The van der Waals surface area contributed by atoms with Crippen LogP contribution in [0, 0.1) is 0 Å². The second-order valence-corrected chi connectivity index (χ2v) is 4.93. The van der Waals surface area contributed by atoms with Gasteiger partial charge in [0.1, 0.15) is 0 Å². The van der Waals surface area contributed by atoms with Crippen LogP contribution in [0.1, 0.15) is 45.4 Å². The first kappa shape index (κ1) is 11.4. The Morgan fingerprint density at radius 3 is 2.67 bits per heavy atom. The maximum Gasteiger partial charge on any atom is 0.0604 e. The molecule has 3 heteroatoms. The van der Waals surface area contributed by atoms with E-state index in [9.17, 15) is 5.11 Å². The number of aliphatic hydroxyl groups excluding tert-OH is 1. The van der Waals surface area contributed by atoms with Crippen molar-refractivity contribution in [1.82, 2.24) is 5.32 Å². The first-order chi connectivity index (χ1) is 7.28. The highest BCUT2D eigenvalue weighted by molar-refractivity contribution is 4.90. The molecule has 0 aromatic heterocycles. The Balaban J connectivity index is 1.62. The number of hydrogen-bond acceptors (Lipinski definition) is 3. The van der Waals surface area contributed by atoms with Crippen LogP contribution in [0.3, 0.4) is 0 Å². The van der Waals surface area contributed by atoms with E-state index in [1.165, 1.54) is 12.8 Å². The highest BCUT2D eigenvalue weighted by Crippen LogP contribution is 2.26. The summed E-state index contributed by atoms with van der Waals surface area (Å²) < 4.78 is 5.53. The lowest BCUT2D eigenvalue weighted by Crippen LogP contribution is -2.50. The van der Waals surface area contributed by atoms with E-state index in [2.05, 4.69) is 12.2 Å². The van der Waals surface area contributed by atoms with Crippen LogP contribution >= 0.6 is 0 Å². The van der Waals surface area contributed by atoms with E-state index in [-0.39, 0.29) is 6.10 Å². The molecule has 2 unspecified atom stereocenters. The molecule has 0 spiro atoms. The number of ether oxygens (including phenoxy) is 1. The third-order valence-electron chi connectivity index (χ3n) is 3.62. The average Bonchev–Trinajstić information content (AvgIpc) is 2.15. The molecule has 2 rings (SSSR count). The number of nitrogens with one attached hydrogen (secondary N) is 1. The molecule has 2 atom stereocenters. The third-order valence-corrected chi connectivity index (χ3v) is 3.62. The molecule has 0 heterocycles. The molecule has 0 saturated heterocycles. The predicted molar refractivity (Wildman–Crippen MR) is 59.8 cm³/mol. The second-order valence-electron chi connectivity index (χ2n) is 4.93. The summed E-state index contributed by atoms with van der Waals surface area (Å²) in [6, 6.07) is 1.18. The molecule has 2 aliphatic rings. The quantitative estimate of drug-likeness (QED) is 0.742. The number of aliphatic hydroxyl groups is 1. The van der Waals surface area contributed by atoms with E-state index in [0.29, 0.717) is 18.2 Å². The van der Waals surface area contributed by atoms with Gasteiger partial charge in [0.2, 0.25) is 0 Å². The van der Waals surface area contributed by atoms with Crippen molar-refractivity contribution in [3.63, 3.8) is 0 Å². The van der Waals surface area contributed by atoms with Crippen LogP contribution in [0.5, 0.6) is 0 Å². The van der Waals surface area contributed by atoms with Crippen LogP contribution in [0.4, 0.5) is 0 Å². The fourth-order valence-electron chi connectivity index (χ4n) is 2.72. The Kier molecular flexibility index (Phi) is 4.00. The molecule has 15 heavy (non-hydrogen) atoms. The van der Waals surface area contributed by atoms with E-state index < -0.39 is 0 Å². The van der Waals surface area contributed by atoms with Gasteiger partial charge in [-0.1, -0.05) is 0 Å². The average molecular weight is 213 g/mol. The molecule has 0 aliphatic heterocycles. The summed E-state index contributed by atoms with van der Waals surface area (Å²) in [6.07, 6.45) is 7.05. The maximum absolute atomic E-state index is 9.55. The van der Waals surface area contributed by atoms with Gasteiger partial charge in [-0.2, -0.15) is 0 Å². The van der Waals surface area contributed by atoms with Gasteiger partial charge < -0.3 is 15.2 Å². The molecule has 0 radical (unpaired) electrons. The zero-order chi connectivity index (χ0) is 10.7. The minimum absolute atomic E-state index is 0.0704. The fourth-order valence-corrected chi connectivity index (χ4v) is 2.72. The summed E-state index contributed by atoms with van der Waals surface area (Å²) in [5, 5.41) is 13.2. The van der Waals surface area contributed by atoms with E-state index in [0.717, 1.165) is 32.3 Å². The molecular weight excluding hydrogens is 190 g/mol. The number of rotatable bonds is 4.